The van der Waals surface area contributed by atoms with E-state index in [1.807, 2.05) is 0 Å². The van der Waals surface area contributed by atoms with Crippen LogP contribution < -0.4 is 0 Å². The van der Waals surface area contributed by atoms with Crippen LogP contribution in [0.4, 0.5) is 0 Å². The number of carbonyl (C=O) groups is 1. The maximum atomic E-state index is 11.7. The molecule has 2 aliphatic rings. The number of hydrogen-bond donors (Lipinski definition) is 0. The van der Waals surface area contributed by atoms with Gasteiger partial charge in [0.2, 0.25) is 0 Å². The van der Waals surface area contributed by atoms with Gasteiger partial charge in [-0.3, -0.25) is 4.79 Å². The summed E-state index contributed by atoms with van der Waals surface area (Å²) in [6.45, 7) is 6.70. The predicted octanol–water partition coefficient (Wildman–Crippen LogP) is 3.18. The quantitative estimate of drug-likeness (QED) is 0.605. The molecule has 1 unspecified atom stereocenters. The third kappa shape index (κ3) is 1.95. The summed E-state index contributed by atoms with van der Waals surface area (Å²) in [7, 11) is 0. The minimum Gasteiger partial charge on any atom is -0.299 e. The second-order valence-corrected chi connectivity index (χ2v) is 6.31. The minimum absolute atomic E-state index is 0.320. The number of carbonyl (C=O) groups excluding carboxylic acids is 1. The van der Waals surface area contributed by atoms with Crippen molar-refractivity contribution in [1.29, 1.82) is 0 Å². The van der Waals surface area contributed by atoms with E-state index < -0.39 is 0 Å². The molecule has 0 aliphatic heterocycles. The van der Waals surface area contributed by atoms with Gasteiger partial charge in [-0.15, -0.1) is 0 Å². The number of Topliss-reactive ketones (excluding diaryl/α,β-unsaturated/α-hetero) is 1. The van der Waals surface area contributed by atoms with E-state index in [0.29, 0.717) is 22.5 Å². The molecule has 0 aromatic rings. The highest BCUT2D eigenvalue weighted by atomic mass is 16.1. The fourth-order valence-electron chi connectivity index (χ4n) is 2.71. The molecule has 0 bridgehead atoms. The summed E-state index contributed by atoms with van der Waals surface area (Å²) >= 11 is 0. The number of rotatable bonds is 1. The van der Waals surface area contributed by atoms with Gasteiger partial charge in [0.25, 0.3) is 0 Å². The molecule has 1 spiro atoms. The molecule has 1 nitrogen and oxygen atoms in total. The van der Waals surface area contributed by atoms with Gasteiger partial charge in [0.05, 0.1) is 0 Å². The van der Waals surface area contributed by atoms with Crippen LogP contribution in [0.5, 0.6) is 0 Å². The van der Waals surface area contributed by atoms with Gasteiger partial charge < -0.3 is 0 Å². The summed E-state index contributed by atoms with van der Waals surface area (Å²) in [6.07, 6.45) is 5.82. The fourth-order valence-corrected chi connectivity index (χ4v) is 2.71. The third-order valence-electron chi connectivity index (χ3n) is 3.50. The van der Waals surface area contributed by atoms with Crippen molar-refractivity contribution in [2.45, 2.75) is 52.9 Å². The lowest BCUT2D eigenvalue weighted by Crippen LogP contribution is -2.16. The van der Waals surface area contributed by atoms with Gasteiger partial charge in [-0.2, -0.15) is 0 Å². The van der Waals surface area contributed by atoms with Crippen LogP contribution in [-0.4, -0.2) is 5.78 Å². The molecule has 1 atom stereocenters. The van der Waals surface area contributed by atoms with Crippen molar-refractivity contribution in [2.75, 3.05) is 0 Å². The molecule has 74 valence electrons. The van der Waals surface area contributed by atoms with E-state index in [-0.39, 0.29) is 0 Å². The minimum atomic E-state index is 0.320. The summed E-state index contributed by atoms with van der Waals surface area (Å²) in [5.74, 6) is 0.940. The number of ketones is 1. The van der Waals surface area contributed by atoms with E-state index in [2.05, 4.69) is 20.8 Å². The Morgan fingerprint density at radius 3 is 2.38 bits per heavy atom. The van der Waals surface area contributed by atoms with Crippen molar-refractivity contribution in [3.63, 3.8) is 0 Å². The largest absolute Gasteiger partial charge is 0.299 e. The van der Waals surface area contributed by atoms with Crippen LogP contribution in [0.3, 0.4) is 0 Å². The first-order chi connectivity index (χ1) is 5.90. The smallest absolute Gasteiger partial charge is 0.136 e. The average molecular weight is 180 g/mol. The first kappa shape index (κ1) is 9.23. The van der Waals surface area contributed by atoms with E-state index in [9.17, 15) is 4.79 Å². The molecule has 0 aromatic heterocycles. The zero-order chi connectivity index (χ0) is 9.69. The molecule has 0 aromatic carbocycles. The summed E-state index contributed by atoms with van der Waals surface area (Å²) in [5, 5.41) is 0. The first-order valence-corrected chi connectivity index (χ1v) is 5.43. The second-order valence-electron chi connectivity index (χ2n) is 6.31. The summed E-state index contributed by atoms with van der Waals surface area (Å²) in [4.78, 5) is 11.7. The van der Waals surface area contributed by atoms with Gasteiger partial charge >= 0.3 is 0 Å². The van der Waals surface area contributed by atoms with Crippen LogP contribution >= 0.6 is 0 Å². The van der Waals surface area contributed by atoms with Crippen molar-refractivity contribution in [3.05, 3.63) is 0 Å². The molecule has 0 amide bonds. The lowest BCUT2D eigenvalue weighted by Gasteiger charge is -2.21. The Morgan fingerprint density at radius 1 is 1.38 bits per heavy atom. The monoisotopic (exact) mass is 180 g/mol. The Bertz CT molecular complexity index is 230. The molecule has 13 heavy (non-hydrogen) atoms. The highest BCUT2D eigenvalue weighted by molar-refractivity contribution is 5.84. The molecule has 0 heterocycles. The molecule has 2 fully saturated rings. The van der Waals surface area contributed by atoms with Crippen LogP contribution in [-0.2, 0) is 4.79 Å². The Kier molecular flexibility index (Phi) is 1.84. The SMILES string of the molecule is CC(C)(C)CC1CC2(CC2)CC1=O. The van der Waals surface area contributed by atoms with Crippen LogP contribution in [0.15, 0.2) is 0 Å². The van der Waals surface area contributed by atoms with Gasteiger partial charge in [0, 0.05) is 12.3 Å². The van der Waals surface area contributed by atoms with Gasteiger partial charge in [-0.05, 0) is 36.5 Å². The van der Waals surface area contributed by atoms with Crippen molar-refractivity contribution < 1.29 is 4.79 Å². The predicted molar refractivity (Wildman–Crippen MR) is 53.5 cm³/mol. The summed E-state index contributed by atoms with van der Waals surface area (Å²) < 4.78 is 0. The zero-order valence-corrected chi connectivity index (χ0v) is 9.02. The molecular formula is C12H20O. The van der Waals surface area contributed by atoms with E-state index in [1.165, 1.54) is 19.3 Å². The fraction of sp³-hybridized carbons (Fsp3) is 0.917. The van der Waals surface area contributed by atoms with Crippen LogP contribution in [0.2, 0.25) is 0 Å². The van der Waals surface area contributed by atoms with Crippen LogP contribution in [0.1, 0.15) is 52.9 Å². The van der Waals surface area contributed by atoms with Crippen LogP contribution in [0, 0.1) is 16.7 Å². The molecule has 0 radical (unpaired) electrons. The normalized spacial score (nSPS) is 31.3. The summed E-state index contributed by atoms with van der Waals surface area (Å²) in [5.41, 5.74) is 0.827. The Balaban J connectivity index is 1.97. The highest BCUT2D eigenvalue weighted by Gasteiger charge is 2.52. The highest BCUT2D eigenvalue weighted by Crippen LogP contribution is 2.59. The maximum Gasteiger partial charge on any atom is 0.136 e. The van der Waals surface area contributed by atoms with Crippen molar-refractivity contribution >= 4 is 5.78 Å². The van der Waals surface area contributed by atoms with E-state index in [4.69, 9.17) is 0 Å². The number of hydrogen-bond acceptors (Lipinski definition) is 1. The van der Waals surface area contributed by atoms with Crippen molar-refractivity contribution in [3.8, 4) is 0 Å². The Morgan fingerprint density at radius 2 is 2.00 bits per heavy atom. The molecule has 1 heteroatoms. The summed E-state index contributed by atoms with van der Waals surface area (Å²) in [6, 6.07) is 0. The molecule has 2 saturated carbocycles. The maximum absolute atomic E-state index is 11.7. The van der Waals surface area contributed by atoms with Gasteiger partial charge in [-0.1, -0.05) is 20.8 Å². The molecule has 2 rings (SSSR count). The first-order valence-electron chi connectivity index (χ1n) is 5.43. The Labute approximate surface area is 80.9 Å². The van der Waals surface area contributed by atoms with E-state index >= 15 is 0 Å². The lowest BCUT2D eigenvalue weighted by molar-refractivity contribution is -0.121. The third-order valence-corrected chi connectivity index (χ3v) is 3.50. The van der Waals surface area contributed by atoms with E-state index in [1.54, 1.807) is 0 Å². The van der Waals surface area contributed by atoms with E-state index in [0.717, 1.165) is 12.8 Å². The van der Waals surface area contributed by atoms with Gasteiger partial charge in [-0.25, -0.2) is 0 Å². The molecule has 0 N–H and O–H groups in total. The second kappa shape index (κ2) is 2.59. The Hall–Kier alpha value is -0.330. The molecule has 0 saturated heterocycles. The standard InChI is InChI=1S/C12H20O/c1-11(2,3)6-9-7-12(4-5-12)8-10(9)13/h9H,4-8H2,1-3H3. The van der Waals surface area contributed by atoms with Crippen molar-refractivity contribution in [2.24, 2.45) is 16.7 Å². The molecular weight excluding hydrogens is 160 g/mol. The zero-order valence-electron chi connectivity index (χ0n) is 9.02. The van der Waals surface area contributed by atoms with Gasteiger partial charge in [0.1, 0.15) is 5.78 Å². The topological polar surface area (TPSA) is 17.1 Å². The molecule has 2 aliphatic carbocycles. The van der Waals surface area contributed by atoms with Crippen molar-refractivity contribution in [1.82, 2.24) is 0 Å². The van der Waals surface area contributed by atoms with Crippen LogP contribution in [0.25, 0.3) is 0 Å². The van der Waals surface area contributed by atoms with Gasteiger partial charge in [0.15, 0.2) is 0 Å². The average Bonchev–Trinajstić information content (AvgIpc) is 2.57. The lowest BCUT2D eigenvalue weighted by atomic mass is 9.83.